The van der Waals surface area contributed by atoms with Gasteiger partial charge in [0, 0.05) is 13.2 Å². The maximum absolute atomic E-state index is 13.7. The molecule has 3 rings (SSSR count). The molecule has 2 aromatic heterocycles. The molecule has 0 bridgehead atoms. The number of aryl methyl sites for hydroxylation is 1. The van der Waals surface area contributed by atoms with E-state index in [1.54, 1.807) is 5.32 Å². The van der Waals surface area contributed by atoms with Crippen LogP contribution in [0.15, 0.2) is 36.7 Å². The van der Waals surface area contributed by atoms with E-state index in [2.05, 4.69) is 10.2 Å². The van der Waals surface area contributed by atoms with Crippen molar-refractivity contribution in [1.82, 2.24) is 19.6 Å². The van der Waals surface area contributed by atoms with Crippen molar-refractivity contribution < 1.29 is 39.9 Å². The van der Waals surface area contributed by atoms with Crippen LogP contribution in [0.25, 0.3) is 5.69 Å². The lowest BCUT2D eigenvalue weighted by molar-refractivity contribution is -0.144. The Kier molecular flexibility index (Phi) is 5.50. The Hall–Kier alpha value is -3.45. The van der Waals surface area contributed by atoms with E-state index in [1.165, 1.54) is 7.05 Å². The van der Waals surface area contributed by atoms with Crippen LogP contribution < -0.4 is 5.32 Å². The lowest BCUT2D eigenvalue weighted by atomic mass is 10.1. The Labute approximate surface area is 168 Å². The monoisotopic (exact) mass is 453 g/mol. The fraction of sp³-hybridized carbons (Fsp3) is 0.235. The largest absolute Gasteiger partial charge is 0.435 e. The lowest BCUT2D eigenvalue weighted by Crippen LogP contribution is -2.21. The number of nitrogens with one attached hydrogen (secondary N) is 1. The number of para-hydroxylation sites is 1. The second-order valence-electron chi connectivity index (χ2n) is 6.19. The molecule has 0 aliphatic rings. The van der Waals surface area contributed by atoms with Gasteiger partial charge in [-0.05, 0) is 12.1 Å². The molecule has 0 atom stereocenters. The van der Waals surface area contributed by atoms with Gasteiger partial charge in [-0.1, -0.05) is 12.1 Å². The molecule has 0 spiro atoms. The summed E-state index contributed by atoms with van der Waals surface area (Å²) in [5.41, 5.74) is -6.73. The number of rotatable bonds is 4. The number of alkyl halides is 8. The predicted octanol–water partition coefficient (Wildman–Crippen LogP) is 4.83. The van der Waals surface area contributed by atoms with Gasteiger partial charge >= 0.3 is 12.4 Å². The van der Waals surface area contributed by atoms with E-state index >= 15 is 0 Å². The lowest BCUT2D eigenvalue weighted by Gasteiger charge is -2.17. The normalized spacial score (nSPS) is 12.5. The van der Waals surface area contributed by atoms with Crippen LogP contribution in [-0.2, 0) is 19.4 Å². The van der Waals surface area contributed by atoms with Crippen LogP contribution in [0, 0.1) is 0 Å². The van der Waals surface area contributed by atoms with Gasteiger partial charge in [-0.3, -0.25) is 9.48 Å². The Morgan fingerprint density at radius 2 is 1.71 bits per heavy atom. The van der Waals surface area contributed by atoms with Gasteiger partial charge < -0.3 is 5.32 Å². The van der Waals surface area contributed by atoms with Crippen LogP contribution in [-0.4, -0.2) is 25.5 Å². The number of amides is 1. The Bertz CT molecular complexity index is 1110. The van der Waals surface area contributed by atoms with Crippen LogP contribution in [0.1, 0.15) is 33.7 Å². The molecule has 14 heteroatoms. The van der Waals surface area contributed by atoms with Crippen molar-refractivity contribution in [1.29, 1.82) is 0 Å². The standard InChI is InChI=1S/C17H11F8N5O/c1-29-7-8(12(28-29)14(18)19)15(31)27-10-6-26-30(13(10)17(23,24)25)11-5-3-2-4-9(11)16(20,21)22/h2-7,14H,1H3,(H,27,31). The molecular formula is C17H11F8N5O. The molecule has 0 aliphatic carbocycles. The van der Waals surface area contributed by atoms with Crippen molar-refractivity contribution in [2.75, 3.05) is 5.32 Å². The molecule has 166 valence electrons. The van der Waals surface area contributed by atoms with Crippen molar-refractivity contribution in [2.45, 2.75) is 18.8 Å². The first-order chi connectivity index (χ1) is 14.3. The predicted molar refractivity (Wildman–Crippen MR) is 89.7 cm³/mol. The third kappa shape index (κ3) is 4.36. The number of halogens is 8. The molecule has 6 nitrogen and oxygen atoms in total. The number of aromatic nitrogens is 4. The number of carbonyl (C=O) groups is 1. The molecule has 0 saturated carbocycles. The van der Waals surface area contributed by atoms with Gasteiger partial charge in [0.1, 0.15) is 5.69 Å². The molecule has 1 N–H and O–H groups in total. The number of hydrogen-bond acceptors (Lipinski definition) is 3. The third-order valence-electron chi connectivity index (χ3n) is 4.03. The highest BCUT2D eigenvalue weighted by molar-refractivity contribution is 6.05. The third-order valence-corrected chi connectivity index (χ3v) is 4.03. The molecule has 0 radical (unpaired) electrons. The minimum Gasteiger partial charge on any atom is -0.319 e. The Morgan fingerprint density at radius 1 is 1.06 bits per heavy atom. The summed E-state index contributed by atoms with van der Waals surface area (Å²) in [6.07, 6.45) is -12.1. The summed E-state index contributed by atoms with van der Waals surface area (Å²) in [6.45, 7) is 0. The number of nitrogens with zero attached hydrogens (tertiary/aromatic N) is 4. The summed E-state index contributed by atoms with van der Waals surface area (Å²) in [5.74, 6) is -1.36. The van der Waals surface area contributed by atoms with Gasteiger partial charge in [0.05, 0.1) is 28.7 Å². The van der Waals surface area contributed by atoms with Gasteiger partial charge in [-0.25, -0.2) is 13.5 Å². The first-order valence-electron chi connectivity index (χ1n) is 8.25. The molecule has 0 fully saturated rings. The fourth-order valence-electron chi connectivity index (χ4n) is 2.82. The van der Waals surface area contributed by atoms with E-state index in [1.807, 2.05) is 0 Å². The number of benzene rings is 1. The molecule has 1 amide bonds. The van der Waals surface area contributed by atoms with Gasteiger partial charge in [0.15, 0.2) is 5.69 Å². The van der Waals surface area contributed by atoms with E-state index in [0.717, 1.165) is 29.1 Å². The summed E-state index contributed by atoms with van der Waals surface area (Å²) in [6, 6.07) is 3.40. The summed E-state index contributed by atoms with van der Waals surface area (Å²) in [5, 5.41) is 8.50. The smallest absolute Gasteiger partial charge is 0.319 e. The van der Waals surface area contributed by atoms with Gasteiger partial charge in [-0.2, -0.15) is 36.5 Å². The van der Waals surface area contributed by atoms with Crippen LogP contribution >= 0.6 is 0 Å². The van der Waals surface area contributed by atoms with Gasteiger partial charge in [-0.15, -0.1) is 0 Å². The van der Waals surface area contributed by atoms with Crippen LogP contribution in [0.5, 0.6) is 0 Å². The second kappa shape index (κ2) is 7.67. The summed E-state index contributed by atoms with van der Waals surface area (Å²) >= 11 is 0. The highest BCUT2D eigenvalue weighted by Gasteiger charge is 2.42. The molecule has 0 saturated heterocycles. The second-order valence-corrected chi connectivity index (χ2v) is 6.19. The zero-order valence-corrected chi connectivity index (χ0v) is 15.3. The minimum absolute atomic E-state index is 0.0182. The Morgan fingerprint density at radius 3 is 2.29 bits per heavy atom. The van der Waals surface area contributed by atoms with Crippen LogP contribution in [0.4, 0.5) is 40.8 Å². The zero-order valence-electron chi connectivity index (χ0n) is 15.3. The fourth-order valence-corrected chi connectivity index (χ4v) is 2.82. The topological polar surface area (TPSA) is 64.7 Å². The quantitative estimate of drug-likeness (QED) is 0.576. The molecule has 3 aromatic rings. The molecule has 2 heterocycles. The van der Waals surface area contributed by atoms with Gasteiger partial charge in [0.2, 0.25) is 0 Å². The van der Waals surface area contributed by atoms with Crippen molar-refractivity contribution in [3.63, 3.8) is 0 Å². The van der Waals surface area contributed by atoms with E-state index in [-0.39, 0.29) is 4.68 Å². The number of hydrogen-bond donors (Lipinski definition) is 1. The van der Waals surface area contributed by atoms with E-state index in [4.69, 9.17) is 0 Å². The highest BCUT2D eigenvalue weighted by Crippen LogP contribution is 2.40. The van der Waals surface area contributed by atoms with E-state index in [9.17, 15) is 39.9 Å². The maximum atomic E-state index is 13.7. The van der Waals surface area contributed by atoms with Gasteiger partial charge in [0.25, 0.3) is 12.3 Å². The number of anilines is 1. The van der Waals surface area contributed by atoms with E-state index < -0.39 is 58.6 Å². The minimum atomic E-state index is -5.25. The SMILES string of the molecule is Cn1cc(C(=O)Nc2cnn(-c3ccccc3C(F)(F)F)c2C(F)(F)F)c(C(F)F)n1. The zero-order chi connectivity index (χ0) is 23.1. The van der Waals surface area contributed by atoms with Crippen molar-refractivity contribution >= 4 is 11.6 Å². The van der Waals surface area contributed by atoms with Crippen LogP contribution in [0.2, 0.25) is 0 Å². The molecular weight excluding hydrogens is 442 g/mol. The van der Waals surface area contributed by atoms with Crippen LogP contribution in [0.3, 0.4) is 0 Å². The molecule has 1 aromatic carbocycles. The van der Waals surface area contributed by atoms with E-state index in [0.29, 0.717) is 12.3 Å². The van der Waals surface area contributed by atoms with Crippen molar-refractivity contribution in [3.8, 4) is 5.69 Å². The number of carbonyl (C=O) groups excluding carboxylic acids is 1. The molecule has 0 unspecified atom stereocenters. The van der Waals surface area contributed by atoms with Crippen molar-refractivity contribution in [2.24, 2.45) is 7.05 Å². The summed E-state index contributed by atoms with van der Waals surface area (Å²) < 4.78 is 108. The highest BCUT2D eigenvalue weighted by atomic mass is 19.4. The maximum Gasteiger partial charge on any atom is 0.435 e. The average Bonchev–Trinajstić information content (AvgIpc) is 3.24. The first kappa shape index (κ1) is 22.2. The Balaban J connectivity index is 2.10. The summed E-state index contributed by atoms with van der Waals surface area (Å²) in [4.78, 5) is 12.3. The van der Waals surface area contributed by atoms with Crippen molar-refractivity contribution in [3.05, 3.63) is 59.2 Å². The molecule has 0 aliphatic heterocycles. The molecule has 31 heavy (non-hydrogen) atoms. The average molecular weight is 453 g/mol. The summed E-state index contributed by atoms with van der Waals surface area (Å²) in [7, 11) is 1.22. The first-order valence-corrected chi connectivity index (χ1v) is 8.25.